The summed E-state index contributed by atoms with van der Waals surface area (Å²) in [7, 11) is 0. The summed E-state index contributed by atoms with van der Waals surface area (Å²) < 4.78 is 7.37. The molecule has 0 N–H and O–H groups in total. The molecule has 0 unspecified atom stereocenters. The molecular formula is C16H25N5O. The highest BCUT2D eigenvalue weighted by atomic mass is 16.5. The molecule has 0 bridgehead atoms. The van der Waals surface area contributed by atoms with E-state index in [9.17, 15) is 0 Å². The van der Waals surface area contributed by atoms with Crippen LogP contribution in [-0.4, -0.2) is 31.4 Å². The topological polar surface area (TPSA) is 60.0 Å². The van der Waals surface area contributed by atoms with Gasteiger partial charge in [-0.1, -0.05) is 19.0 Å². The second-order valence-electron chi connectivity index (χ2n) is 6.65. The molecule has 3 rings (SSSR count). The summed E-state index contributed by atoms with van der Waals surface area (Å²) in [6.07, 6.45) is 4.30. The van der Waals surface area contributed by atoms with Crippen molar-refractivity contribution in [1.82, 2.24) is 24.8 Å². The van der Waals surface area contributed by atoms with Crippen molar-refractivity contribution < 1.29 is 4.52 Å². The maximum atomic E-state index is 5.37. The third-order valence-corrected chi connectivity index (χ3v) is 4.17. The minimum absolute atomic E-state index is 0.250. The molecule has 0 aromatic carbocycles. The quantitative estimate of drug-likeness (QED) is 0.848. The Morgan fingerprint density at radius 3 is 2.77 bits per heavy atom. The molecule has 1 atom stereocenters. The lowest BCUT2D eigenvalue weighted by Gasteiger charge is -2.20. The highest BCUT2D eigenvalue weighted by Gasteiger charge is 2.30. The number of rotatable bonds is 5. The SMILES string of the molecule is CC(C)c1nc([C@H]2CCCN2Cc2ccn(C(C)C)n2)no1. The Kier molecular flexibility index (Phi) is 4.29. The summed E-state index contributed by atoms with van der Waals surface area (Å²) in [5.74, 6) is 1.83. The van der Waals surface area contributed by atoms with Gasteiger partial charge in [0.1, 0.15) is 0 Å². The van der Waals surface area contributed by atoms with Crippen molar-refractivity contribution >= 4 is 0 Å². The Hall–Kier alpha value is -1.69. The predicted molar refractivity (Wildman–Crippen MR) is 83.4 cm³/mol. The van der Waals surface area contributed by atoms with E-state index in [4.69, 9.17) is 4.52 Å². The zero-order valence-corrected chi connectivity index (χ0v) is 13.9. The molecule has 22 heavy (non-hydrogen) atoms. The van der Waals surface area contributed by atoms with E-state index >= 15 is 0 Å². The van der Waals surface area contributed by atoms with Gasteiger partial charge in [-0.3, -0.25) is 9.58 Å². The van der Waals surface area contributed by atoms with Gasteiger partial charge >= 0.3 is 0 Å². The predicted octanol–water partition coefficient (Wildman–Crippen LogP) is 3.31. The van der Waals surface area contributed by atoms with Gasteiger partial charge in [0.05, 0.1) is 11.7 Å². The van der Waals surface area contributed by atoms with Crippen LogP contribution in [0.4, 0.5) is 0 Å². The Morgan fingerprint density at radius 1 is 1.32 bits per heavy atom. The van der Waals surface area contributed by atoms with Crippen LogP contribution in [0.5, 0.6) is 0 Å². The van der Waals surface area contributed by atoms with Crippen LogP contribution in [0.15, 0.2) is 16.8 Å². The van der Waals surface area contributed by atoms with E-state index < -0.39 is 0 Å². The minimum Gasteiger partial charge on any atom is -0.339 e. The van der Waals surface area contributed by atoms with Crippen LogP contribution in [-0.2, 0) is 6.54 Å². The molecule has 6 nitrogen and oxygen atoms in total. The molecule has 1 aliphatic rings. The van der Waals surface area contributed by atoms with Gasteiger partial charge in [0, 0.05) is 24.7 Å². The molecular weight excluding hydrogens is 278 g/mol. The summed E-state index contributed by atoms with van der Waals surface area (Å²) in [5.41, 5.74) is 1.10. The molecule has 6 heteroatoms. The first-order valence-corrected chi connectivity index (χ1v) is 8.16. The standard InChI is InChI=1S/C16H25N5O/c1-11(2)16-17-15(19-22-16)14-6-5-8-20(14)10-13-7-9-21(18-13)12(3)4/h7,9,11-12,14H,5-6,8,10H2,1-4H3/t14-/m1/s1. The second kappa shape index (κ2) is 6.20. The van der Waals surface area contributed by atoms with E-state index in [0.717, 1.165) is 36.9 Å². The van der Waals surface area contributed by atoms with Crippen LogP contribution < -0.4 is 0 Å². The first-order chi connectivity index (χ1) is 10.5. The fourth-order valence-electron chi connectivity index (χ4n) is 2.88. The molecule has 2 aromatic rings. The normalized spacial score (nSPS) is 19.6. The Morgan fingerprint density at radius 2 is 2.14 bits per heavy atom. The van der Waals surface area contributed by atoms with Crippen molar-refractivity contribution in [2.75, 3.05) is 6.54 Å². The largest absolute Gasteiger partial charge is 0.339 e. The molecule has 0 amide bonds. The van der Waals surface area contributed by atoms with Crippen LogP contribution in [0.25, 0.3) is 0 Å². The lowest BCUT2D eigenvalue weighted by Crippen LogP contribution is -2.24. The van der Waals surface area contributed by atoms with Gasteiger partial charge < -0.3 is 4.52 Å². The highest BCUT2D eigenvalue weighted by Crippen LogP contribution is 2.32. The van der Waals surface area contributed by atoms with Crippen molar-refractivity contribution in [2.24, 2.45) is 0 Å². The minimum atomic E-state index is 0.250. The first-order valence-electron chi connectivity index (χ1n) is 8.16. The lowest BCUT2D eigenvalue weighted by molar-refractivity contribution is 0.230. The average molecular weight is 303 g/mol. The third-order valence-electron chi connectivity index (χ3n) is 4.17. The van der Waals surface area contributed by atoms with Crippen LogP contribution in [0.3, 0.4) is 0 Å². The first kappa shape index (κ1) is 15.2. The fourth-order valence-corrected chi connectivity index (χ4v) is 2.88. The molecule has 0 saturated carbocycles. The second-order valence-corrected chi connectivity index (χ2v) is 6.65. The maximum Gasteiger partial charge on any atom is 0.229 e. The molecule has 3 heterocycles. The maximum absolute atomic E-state index is 5.37. The summed E-state index contributed by atoms with van der Waals surface area (Å²) in [5, 5.41) is 8.84. The number of likely N-dealkylation sites (tertiary alicyclic amines) is 1. The number of hydrogen-bond acceptors (Lipinski definition) is 5. The number of hydrogen-bond donors (Lipinski definition) is 0. The smallest absolute Gasteiger partial charge is 0.229 e. The van der Waals surface area contributed by atoms with Gasteiger partial charge in [-0.15, -0.1) is 0 Å². The zero-order chi connectivity index (χ0) is 15.7. The molecule has 1 saturated heterocycles. The fraction of sp³-hybridized carbons (Fsp3) is 0.688. The van der Waals surface area contributed by atoms with Crippen molar-refractivity contribution in [2.45, 2.75) is 65.1 Å². The van der Waals surface area contributed by atoms with Gasteiger partial charge in [0.15, 0.2) is 5.82 Å². The van der Waals surface area contributed by atoms with Crippen LogP contribution in [0.1, 0.15) is 75.9 Å². The van der Waals surface area contributed by atoms with Gasteiger partial charge in [0.2, 0.25) is 5.89 Å². The summed E-state index contributed by atoms with van der Waals surface area (Å²) in [6, 6.07) is 2.75. The average Bonchev–Trinajstić information content (AvgIpc) is 3.18. The molecule has 1 aliphatic heterocycles. The zero-order valence-electron chi connectivity index (χ0n) is 13.9. The van der Waals surface area contributed by atoms with E-state index in [1.807, 2.05) is 4.68 Å². The van der Waals surface area contributed by atoms with Crippen molar-refractivity contribution in [3.8, 4) is 0 Å². The Bertz CT molecular complexity index is 616. The molecule has 1 fully saturated rings. The molecule has 2 aromatic heterocycles. The van der Waals surface area contributed by atoms with Gasteiger partial charge in [-0.25, -0.2) is 0 Å². The molecule has 0 radical (unpaired) electrons. The van der Waals surface area contributed by atoms with E-state index in [-0.39, 0.29) is 12.0 Å². The summed E-state index contributed by atoms with van der Waals surface area (Å²) >= 11 is 0. The summed E-state index contributed by atoms with van der Waals surface area (Å²) in [4.78, 5) is 6.98. The Balaban J connectivity index is 1.72. The van der Waals surface area contributed by atoms with E-state index in [1.54, 1.807) is 0 Å². The van der Waals surface area contributed by atoms with Crippen LogP contribution in [0, 0.1) is 0 Å². The van der Waals surface area contributed by atoms with Crippen LogP contribution in [0.2, 0.25) is 0 Å². The van der Waals surface area contributed by atoms with E-state index in [2.05, 4.69) is 60.1 Å². The van der Waals surface area contributed by atoms with E-state index in [0.29, 0.717) is 6.04 Å². The number of nitrogens with zero attached hydrogens (tertiary/aromatic N) is 5. The van der Waals surface area contributed by atoms with E-state index in [1.165, 1.54) is 6.42 Å². The molecule has 120 valence electrons. The highest BCUT2D eigenvalue weighted by molar-refractivity contribution is 5.04. The third kappa shape index (κ3) is 3.06. The molecule has 0 aliphatic carbocycles. The van der Waals surface area contributed by atoms with Crippen molar-refractivity contribution in [3.63, 3.8) is 0 Å². The Labute approximate surface area is 131 Å². The van der Waals surface area contributed by atoms with Crippen LogP contribution >= 0.6 is 0 Å². The van der Waals surface area contributed by atoms with Gasteiger partial charge in [-0.2, -0.15) is 10.1 Å². The van der Waals surface area contributed by atoms with Gasteiger partial charge in [0.25, 0.3) is 0 Å². The van der Waals surface area contributed by atoms with Gasteiger partial charge in [-0.05, 0) is 39.3 Å². The summed E-state index contributed by atoms with van der Waals surface area (Å²) in [6.45, 7) is 10.3. The number of aromatic nitrogens is 4. The van der Waals surface area contributed by atoms with Crippen molar-refractivity contribution in [1.29, 1.82) is 0 Å². The monoisotopic (exact) mass is 303 g/mol. The molecule has 0 spiro atoms. The lowest BCUT2D eigenvalue weighted by atomic mass is 10.2. The van der Waals surface area contributed by atoms with Crippen molar-refractivity contribution in [3.05, 3.63) is 29.7 Å².